The van der Waals surface area contributed by atoms with E-state index in [1.54, 1.807) is 37.5 Å². The van der Waals surface area contributed by atoms with Gasteiger partial charge in [-0.3, -0.25) is 4.98 Å². The lowest BCUT2D eigenvalue weighted by atomic mass is 10.0. The molecule has 2 aromatic rings. The molecule has 4 heteroatoms. The molecule has 0 saturated carbocycles. The number of anilines is 1. The summed E-state index contributed by atoms with van der Waals surface area (Å²) in [6.45, 7) is 2.13. The van der Waals surface area contributed by atoms with Crippen LogP contribution in [0.2, 0.25) is 0 Å². The number of rotatable bonds is 3. The van der Waals surface area contributed by atoms with Crippen molar-refractivity contribution in [3.8, 4) is 11.1 Å². The van der Waals surface area contributed by atoms with Gasteiger partial charge in [0, 0.05) is 29.2 Å². The van der Waals surface area contributed by atoms with E-state index in [-0.39, 0.29) is 5.97 Å². The van der Waals surface area contributed by atoms with E-state index in [1.807, 2.05) is 12.1 Å². The Hall–Kier alpha value is -2.36. The summed E-state index contributed by atoms with van der Waals surface area (Å²) in [5.41, 5.74) is 8.68. The summed E-state index contributed by atoms with van der Waals surface area (Å²) < 4.78 is 4.96. The van der Waals surface area contributed by atoms with Crippen LogP contribution in [-0.2, 0) is 4.74 Å². The van der Waals surface area contributed by atoms with Gasteiger partial charge in [-0.05, 0) is 31.2 Å². The standard InChI is InChI=1S/C14H14N2O2/c1-2-18-14(17)10-5-6-13(15)12(8-10)11-4-3-7-16-9-11/h3-9H,2,15H2,1H3. The average Bonchev–Trinajstić information content (AvgIpc) is 2.40. The summed E-state index contributed by atoms with van der Waals surface area (Å²) >= 11 is 0. The first-order chi connectivity index (χ1) is 8.72. The highest BCUT2D eigenvalue weighted by Gasteiger charge is 2.10. The molecule has 0 bridgehead atoms. The van der Waals surface area contributed by atoms with Gasteiger partial charge in [-0.15, -0.1) is 0 Å². The van der Waals surface area contributed by atoms with Crippen LogP contribution in [0.5, 0.6) is 0 Å². The summed E-state index contributed by atoms with van der Waals surface area (Å²) in [4.78, 5) is 15.7. The molecule has 0 aliphatic carbocycles. The zero-order valence-electron chi connectivity index (χ0n) is 10.1. The second kappa shape index (κ2) is 5.31. The van der Waals surface area contributed by atoms with Crippen molar-refractivity contribution in [1.29, 1.82) is 0 Å². The molecule has 2 rings (SSSR count). The fourth-order valence-electron chi connectivity index (χ4n) is 1.67. The van der Waals surface area contributed by atoms with E-state index in [4.69, 9.17) is 10.5 Å². The normalized spacial score (nSPS) is 10.1. The van der Waals surface area contributed by atoms with Crippen molar-refractivity contribution in [3.63, 3.8) is 0 Å². The Morgan fingerprint density at radius 3 is 2.89 bits per heavy atom. The van der Waals surface area contributed by atoms with Crippen LogP contribution in [0.15, 0.2) is 42.7 Å². The molecule has 2 N–H and O–H groups in total. The topological polar surface area (TPSA) is 65.2 Å². The highest BCUT2D eigenvalue weighted by Crippen LogP contribution is 2.26. The van der Waals surface area contributed by atoms with Crippen molar-refractivity contribution < 1.29 is 9.53 Å². The van der Waals surface area contributed by atoms with Crippen LogP contribution in [0.4, 0.5) is 5.69 Å². The number of benzene rings is 1. The number of carbonyl (C=O) groups excluding carboxylic acids is 1. The second-order valence-electron chi connectivity index (χ2n) is 3.76. The Morgan fingerprint density at radius 1 is 1.39 bits per heavy atom. The number of nitrogens with two attached hydrogens (primary N) is 1. The lowest BCUT2D eigenvalue weighted by Crippen LogP contribution is -2.05. The van der Waals surface area contributed by atoms with Crippen molar-refractivity contribution in [3.05, 3.63) is 48.3 Å². The van der Waals surface area contributed by atoms with Crippen LogP contribution in [0.25, 0.3) is 11.1 Å². The largest absolute Gasteiger partial charge is 0.462 e. The van der Waals surface area contributed by atoms with Gasteiger partial charge in [-0.2, -0.15) is 0 Å². The number of esters is 1. The molecule has 0 spiro atoms. The number of hydrogen-bond acceptors (Lipinski definition) is 4. The SMILES string of the molecule is CCOC(=O)c1ccc(N)c(-c2cccnc2)c1. The van der Waals surface area contributed by atoms with Gasteiger partial charge in [0.2, 0.25) is 0 Å². The number of carbonyl (C=O) groups is 1. The molecule has 92 valence electrons. The van der Waals surface area contributed by atoms with Gasteiger partial charge in [0.15, 0.2) is 0 Å². The fraction of sp³-hybridized carbons (Fsp3) is 0.143. The maximum Gasteiger partial charge on any atom is 0.338 e. The predicted molar refractivity (Wildman–Crippen MR) is 70.0 cm³/mol. The minimum Gasteiger partial charge on any atom is -0.462 e. The quantitative estimate of drug-likeness (QED) is 0.663. The van der Waals surface area contributed by atoms with E-state index in [9.17, 15) is 4.79 Å². The third kappa shape index (κ3) is 2.48. The van der Waals surface area contributed by atoms with Gasteiger partial charge >= 0.3 is 5.97 Å². The summed E-state index contributed by atoms with van der Waals surface area (Å²) in [6, 6.07) is 8.81. The Bertz CT molecular complexity index is 553. The van der Waals surface area contributed by atoms with E-state index in [1.165, 1.54) is 0 Å². The second-order valence-corrected chi connectivity index (χ2v) is 3.76. The highest BCUT2D eigenvalue weighted by molar-refractivity contribution is 5.93. The molecule has 0 aliphatic heterocycles. The molecule has 0 aliphatic rings. The Kier molecular flexibility index (Phi) is 3.57. The third-order valence-electron chi connectivity index (χ3n) is 2.54. The zero-order valence-corrected chi connectivity index (χ0v) is 10.1. The van der Waals surface area contributed by atoms with E-state index in [0.29, 0.717) is 17.9 Å². The third-order valence-corrected chi connectivity index (χ3v) is 2.54. The molecule has 0 radical (unpaired) electrons. The molecular weight excluding hydrogens is 228 g/mol. The minimum absolute atomic E-state index is 0.345. The van der Waals surface area contributed by atoms with Gasteiger partial charge in [-0.1, -0.05) is 6.07 Å². The van der Waals surface area contributed by atoms with Gasteiger partial charge in [0.1, 0.15) is 0 Å². The molecule has 0 atom stereocenters. The molecular formula is C14H14N2O2. The zero-order chi connectivity index (χ0) is 13.0. The van der Waals surface area contributed by atoms with Crippen LogP contribution < -0.4 is 5.73 Å². The molecule has 1 aromatic carbocycles. The van der Waals surface area contributed by atoms with Crippen molar-refractivity contribution in [2.45, 2.75) is 6.92 Å². The molecule has 0 unspecified atom stereocenters. The van der Waals surface area contributed by atoms with Crippen LogP contribution >= 0.6 is 0 Å². The van der Waals surface area contributed by atoms with Crippen LogP contribution in [0.3, 0.4) is 0 Å². The summed E-state index contributed by atoms with van der Waals surface area (Å²) in [7, 11) is 0. The molecule has 1 aromatic heterocycles. The molecule has 1 heterocycles. The lowest BCUT2D eigenvalue weighted by Gasteiger charge is -2.08. The van der Waals surface area contributed by atoms with E-state index < -0.39 is 0 Å². The Labute approximate surface area is 105 Å². The number of aromatic nitrogens is 1. The van der Waals surface area contributed by atoms with E-state index >= 15 is 0 Å². The average molecular weight is 242 g/mol. The van der Waals surface area contributed by atoms with Crippen molar-refractivity contribution >= 4 is 11.7 Å². The number of nitrogen functional groups attached to an aromatic ring is 1. The minimum atomic E-state index is -0.345. The summed E-state index contributed by atoms with van der Waals surface area (Å²) in [5, 5.41) is 0. The number of ether oxygens (including phenoxy) is 1. The van der Waals surface area contributed by atoms with Crippen molar-refractivity contribution in [1.82, 2.24) is 4.98 Å². The van der Waals surface area contributed by atoms with E-state index in [0.717, 1.165) is 11.1 Å². The van der Waals surface area contributed by atoms with Crippen LogP contribution in [-0.4, -0.2) is 17.6 Å². The molecule has 0 fully saturated rings. The monoisotopic (exact) mass is 242 g/mol. The molecule has 0 amide bonds. The smallest absolute Gasteiger partial charge is 0.338 e. The molecule has 4 nitrogen and oxygen atoms in total. The predicted octanol–water partition coefficient (Wildman–Crippen LogP) is 2.51. The summed E-state index contributed by atoms with van der Waals surface area (Å²) in [6.07, 6.45) is 3.40. The summed E-state index contributed by atoms with van der Waals surface area (Å²) in [5.74, 6) is -0.345. The van der Waals surface area contributed by atoms with Crippen molar-refractivity contribution in [2.24, 2.45) is 0 Å². The van der Waals surface area contributed by atoms with Crippen LogP contribution in [0, 0.1) is 0 Å². The first kappa shape index (κ1) is 12.1. The van der Waals surface area contributed by atoms with Gasteiger partial charge in [0.25, 0.3) is 0 Å². The number of hydrogen-bond donors (Lipinski definition) is 1. The Morgan fingerprint density at radius 2 is 2.22 bits per heavy atom. The maximum atomic E-state index is 11.7. The molecule has 0 saturated heterocycles. The first-order valence-electron chi connectivity index (χ1n) is 5.69. The Balaban J connectivity index is 2.42. The maximum absolute atomic E-state index is 11.7. The fourth-order valence-corrected chi connectivity index (χ4v) is 1.67. The highest BCUT2D eigenvalue weighted by atomic mass is 16.5. The van der Waals surface area contributed by atoms with Gasteiger partial charge in [0.05, 0.1) is 12.2 Å². The first-order valence-corrected chi connectivity index (χ1v) is 5.69. The van der Waals surface area contributed by atoms with Gasteiger partial charge in [-0.25, -0.2) is 4.79 Å². The van der Waals surface area contributed by atoms with Crippen molar-refractivity contribution in [2.75, 3.05) is 12.3 Å². The van der Waals surface area contributed by atoms with E-state index in [2.05, 4.69) is 4.98 Å². The lowest BCUT2D eigenvalue weighted by molar-refractivity contribution is 0.0526. The number of pyridine rings is 1. The van der Waals surface area contributed by atoms with Gasteiger partial charge < -0.3 is 10.5 Å². The molecule has 18 heavy (non-hydrogen) atoms. The number of nitrogens with zero attached hydrogens (tertiary/aromatic N) is 1. The van der Waals surface area contributed by atoms with Crippen LogP contribution in [0.1, 0.15) is 17.3 Å².